The lowest BCUT2D eigenvalue weighted by molar-refractivity contribution is -0.143. The molecule has 53 heavy (non-hydrogen) atoms. The predicted octanol–water partition coefficient (Wildman–Crippen LogP) is 7.22. The van der Waals surface area contributed by atoms with E-state index in [1.165, 1.54) is 31.1 Å². The van der Waals surface area contributed by atoms with E-state index in [4.69, 9.17) is 9.47 Å². The largest absolute Gasteiger partial charge is 0.468 e. The van der Waals surface area contributed by atoms with E-state index in [0.29, 0.717) is 23.3 Å². The van der Waals surface area contributed by atoms with Crippen LogP contribution in [0.5, 0.6) is 0 Å². The number of methoxy groups -OCH3 is 1. The Bertz CT molecular complexity index is 2200. The highest BCUT2D eigenvalue weighted by molar-refractivity contribution is 6.24. The molecule has 280 valence electrons. The number of unbranched alkanes of at least 4 members (excludes halogenated alkanes) is 2. The van der Waals surface area contributed by atoms with Crippen LogP contribution in [0.2, 0.25) is 0 Å². The number of fused-ring (bicyclic) bond motifs is 7. The highest BCUT2D eigenvalue weighted by atomic mass is 16.5. The summed E-state index contributed by atoms with van der Waals surface area (Å²) in [6.07, 6.45) is 16.1. The minimum atomic E-state index is -1.14. The molecule has 0 radical (unpaired) electrons. The normalized spacial score (nSPS) is 22.7. The van der Waals surface area contributed by atoms with Crippen LogP contribution in [0, 0.1) is 38.5 Å². The molecule has 4 N–H and O–H groups in total. The van der Waals surface area contributed by atoms with Gasteiger partial charge in [-0.2, -0.15) is 0 Å². The molecule has 3 aromatic heterocycles. The maximum atomic E-state index is 14.3. The summed E-state index contributed by atoms with van der Waals surface area (Å²) in [6.45, 7) is 19.0. The average molecular weight is 719 g/mol. The summed E-state index contributed by atoms with van der Waals surface area (Å²) < 4.78 is 10.9. The standard InChI is InChI=1S/C44H54N4O5/c1-10-13-14-15-23(4)18-19-53-37(49)17-16-30-26(7)33-20-31-24(5)28(11-2)35(45-31)21-32-25(6)29(12-3)36(46-32)22-34-27(8)38-42(48-34)39(41(30)47-33)40(43(38)50)44(51)52-9/h11,18,20-22,26,30,40,45-48H,2,10,12-17,19H2,1,3-9H3/b23-18+,32-21-,33-20-,36-22-,41-39-/t26-,30-,40+/m0/s1. The number of hydrogen-bond donors (Lipinski definition) is 4. The summed E-state index contributed by atoms with van der Waals surface area (Å²) in [5.74, 6) is -2.61. The predicted molar refractivity (Wildman–Crippen MR) is 211 cm³/mol. The van der Waals surface area contributed by atoms with Crippen molar-refractivity contribution in [2.75, 3.05) is 13.7 Å². The van der Waals surface area contributed by atoms with Gasteiger partial charge in [0.1, 0.15) is 12.5 Å². The third-order valence-electron chi connectivity index (χ3n) is 11.6. The van der Waals surface area contributed by atoms with Crippen LogP contribution >= 0.6 is 0 Å². The fraction of sp³-hybridized carbons (Fsp3) is 0.432. The van der Waals surface area contributed by atoms with Gasteiger partial charge in [-0.15, -0.1) is 0 Å². The molecule has 1 saturated heterocycles. The number of H-pyrrole nitrogens is 3. The molecule has 0 saturated carbocycles. The number of nitrogens with one attached hydrogen (secondary N) is 4. The molecular formula is C44H54N4O5. The van der Waals surface area contributed by atoms with Crippen molar-refractivity contribution >= 4 is 47.6 Å². The van der Waals surface area contributed by atoms with Crippen LogP contribution in [0.1, 0.15) is 127 Å². The molecule has 3 aliphatic rings. The molecule has 1 fully saturated rings. The molecule has 2 aliphatic heterocycles. The number of rotatable bonds is 12. The summed E-state index contributed by atoms with van der Waals surface area (Å²) in [4.78, 5) is 51.8. The van der Waals surface area contributed by atoms with Gasteiger partial charge in [0.25, 0.3) is 0 Å². The molecule has 6 rings (SSSR count). The van der Waals surface area contributed by atoms with Crippen molar-refractivity contribution < 1.29 is 23.9 Å². The number of Topliss-reactive ketones (excluding diaryl/α,β-unsaturated/α-hetero) is 1. The number of hydrogen-bond acceptors (Lipinski definition) is 6. The monoisotopic (exact) mass is 718 g/mol. The quantitative estimate of drug-likeness (QED) is 0.0678. The Labute approximate surface area is 312 Å². The molecule has 0 unspecified atom stereocenters. The Kier molecular flexibility index (Phi) is 11.0. The molecule has 0 aromatic carbocycles. The van der Waals surface area contributed by atoms with Crippen molar-refractivity contribution in [3.63, 3.8) is 0 Å². The maximum absolute atomic E-state index is 14.3. The minimum Gasteiger partial charge on any atom is -0.468 e. The van der Waals surface area contributed by atoms with Crippen LogP contribution in [0.15, 0.2) is 29.6 Å². The van der Waals surface area contributed by atoms with Gasteiger partial charge >= 0.3 is 11.9 Å². The smallest absolute Gasteiger partial charge is 0.321 e. The third kappa shape index (κ3) is 6.94. The summed E-state index contributed by atoms with van der Waals surface area (Å²) >= 11 is 0. The number of carbonyl (C=O) groups excluding carboxylic acids is 3. The molecule has 3 atom stereocenters. The molecule has 0 spiro atoms. The molecular weight excluding hydrogens is 665 g/mol. The van der Waals surface area contributed by atoms with Crippen molar-refractivity contribution in [2.45, 2.75) is 93.4 Å². The van der Waals surface area contributed by atoms with E-state index >= 15 is 0 Å². The zero-order valence-electron chi connectivity index (χ0n) is 32.5. The van der Waals surface area contributed by atoms with Gasteiger partial charge < -0.3 is 29.7 Å². The number of aromatic amines is 3. The Morgan fingerprint density at radius 3 is 2.36 bits per heavy atom. The van der Waals surface area contributed by atoms with Gasteiger partial charge in [0, 0.05) is 74.1 Å². The Balaban J connectivity index is 1.50. The summed E-state index contributed by atoms with van der Waals surface area (Å²) in [7, 11) is 1.32. The lowest BCUT2D eigenvalue weighted by Crippen LogP contribution is -2.25. The van der Waals surface area contributed by atoms with Gasteiger partial charge in [-0.3, -0.25) is 14.4 Å². The number of ether oxygens (including phenoxy) is 2. The second kappa shape index (κ2) is 15.5. The number of allylic oxidation sites excluding steroid dienone is 3. The molecule has 0 amide bonds. The SMILES string of the molecule is C=Cc1c2[nH]c(c1C)/C=C1\N/C(=C3\c4[nH]c(c(C)c4C(=O)[C@@H]3C(=O)OC)/C=c3\[nH]/c(c(C)c3CC)=C\2)[C@@H](CCC(=O)OC/C=C(\C)CCCCC)[C@@H]1C. The Hall–Kier alpha value is -5.05. The third-order valence-corrected chi connectivity index (χ3v) is 11.6. The lowest BCUT2D eigenvalue weighted by atomic mass is 9.85. The van der Waals surface area contributed by atoms with E-state index < -0.39 is 11.9 Å². The van der Waals surface area contributed by atoms with Crippen LogP contribution in [-0.2, 0) is 25.5 Å². The van der Waals surface area contributed by atoms with Crippen LogP contribution < -0.4 is 16.0 Å². The fourth-order valence-corrected chi connectivity index (χ4v) is 8.38. The number of ketones is 1. The molecule has 3 aromatic rings. The topological polar surface area (TPSA) is 129 Å². The van der Waals surface area contributed by atoms with E-state index in [2.05, 4.69) is 86.6 Å². The highest BCUT2D eigenvalue weighted by Gasteiger charge is 2.48. The lowest BCUT2D eigenvalue weighted by Gasteiger charge is -2.19. The van der Waals surface area contributed by atoms with Crippen LogP contribution in [0.25, 0.3) is 29.9 Å². The van der Waals surface area contributed by atoms with Gasteiger partial charge in [0.15, 0.2) is 5.78 Å². The van der Waals surface area contributed by atoms with E-state index in [1.807, 2.05) is 19.1 Å². The molecule has 9 nitrogen and oxygen atoms in total. The van der Waals surface area contributed by atoms with E-state index in [-0.39, 0.29) is 36.6 Å². The Morgan fingerprint density at radius 1 is 0.925 bits per heavy atom. The Morgan fingerprint density at radius 2 is 1.66 bits per heavy atom. The molecule has 1 aliphatic carbocycles. The number of carbonyl (C=O) groups is 3. The zero-order valence-corrected chi connectivity index (χ0v) is 32.5. The van der Waals surface area contributed by atoms with Crippen LogP contribution in [-0.4, -0.2) is 46.4 Å². The first-order valence-corrected chi connectivity index (χ1v) is 19.1. The van der Waals surface area contributed by atoms with Crippen LogP contribution in [0.3, 0.4) is 0 Å². The fourth-order valence-electron chi connectivity index (χ4n) is 8.38. The number of esters is 2. The van der Waals surface area contributed by atoms with E-state index in [1.54, 1.807) is 0 Å². The molecule has 5 heterocycles. The first-order chi connectivity index (χ1) is 25.4. The van der Waals surface area contributed by atoms with Gasteiger partial charge in [0.2, 0.25) is 0 Å². The van der Waals surface area contributed by atoms with Crippen molar-refractivity contribution in [3.8, 4) is 0 Å². The van der Waals surface area contributed by atoms with Crippen LogP contribution in [0.4, 0.5) is 0 Å². The second-order valence-corrected chi connectivity index (χ2v) is 14.8. The van der Waals surface area contributed by atoms with Crippen molar-refractivity contribution in [1.29, 1.82) is 0 Å². The van der Waals surface area contributed by atoms with Gasteiger partial charge in [0.05, 0.1) is 12.8 Å². The van der Waals surface area contributed by atoms with Gasteiger partial charge in [-0.05, 0) is 99.9 Å². The van der Waals surface area contributed by atoms with E-state index in [0.717, 1.165) is 80.7 Å². The second-order valence-electron chi connectivity index (χ2n) is 14.8. The van der Waals surface area contributed by atoms with Crippen molar-refractivity contribution in [3.05, 3.63) is 96.5 Å². The van der Waals surface area contributed by atoms with E-state index in [9.17, 15) is 14.4 Å². The maximum Gasteiger partial charge on any atom is 0.321 e. The minimum absolute atomic E-state index is 0.0801. The van der Waals surface area contributed by atoms with Gasteiger partial charge in [-0.1, -0.05) is 51.8 Å². The van der Waals surface area contributed by atoms with Gasteiger partial charge in [-0.25, -0.2) is 0 Å². The van der Waals surface area contributed by atoms with Crippen molar-refractivity contribution in [2.24, 2.45) is 17.8 Å². The first-order valence-electron chi connectivity index (χ1n) is 19.1. The number of aromatic nitrogens is 3. The first kappa shape index (κ1) is 37.7. The molecule has 9 heteroatoms. The van der Waals surface area contributed by atoms with Crippen molar-refractivity contribution in [1.82, 2.24) is 20.3 Å². The summed E-state index contributed by atoms with van der Waals surface area (Å²) in [6, 6.07) is 0. The summed E-state index contributed by atoms with van der Waals surface area (Å²) in [5.41, 5.74) is 12.4. The average Bonchev–Trinajstić information content (AvgIpc) is 3.87. The highest BCUT2D eigenvalue weighted by Crippen LogP contribution is 2.48. The molecule has 8 bridgehead atoms. The summed E-state index contributed by atoms with van der Waals surface area (Å²) in [5, 5.41) is 5.63. The zero-order chi connectivity index (χ0) is 38.1.